The van der Waals surface area contributed by atoms with Crippen molar-refractivity contribution in [3.05, 3.63) is 71.3 Å². The maximum absolute atomic E-state index is 12.2. The Balaban J connectivity index is 1.97. The normalized spacial score (nSPS) is 11.7. The molecule has 25 heavy (non-hydrogen) atoms. The van der Waals surface area contributed by atoms with Crippen LogP contribution in [0.15, 0.2) is 54.6 Å². The van der Waals surface area contributed by atoms with Crippen LogP contribution in [0.5, 0.6) is 0 Å². The van der Waals surface area contributed by atoms with Gasteiger partial charge in [-0.15, -0.1) is 0 Å². The van der Waals surface area contributed by atoms with E-state index in [2.05, 4.69) is 12.2 Å². The predicted octanol–water partition coefficient (Wildman–Crippen LogP) is 5.86. The minimum atomic E-state index is -4.35. The Labute approximate surface area is 145 Å². The SMILES string of the molecule is CCCCc1ccc(NC(=O)c2ccc(/C=C/C(F)(F)F)cc2)cc1. The predicted molar refractivity (Wildman–Crippen MR) is 94.5 cm³/mol. The van der Waals surface area contributed by atoms with Crippen LogP contribution in [0.3, 0.4) is 0 Å². The van der Waals surface area contributed by atoms with Gasteiger partial charge in [0, 0.05) is 17.3 Å². The molecule has 0 fully saturated rings. The van der Waals surface area contributed by atoms with E-state index in [1.807, 2.05) is 24.3 Å². The van der Waals surface area contributed by atoms with Crippen molar-refractivity contribution >= 4 is 17.7 Å². The fourth-order valence-electron chi connectivity index (χ4n) is 2.28. The summed E-state index contributed by atoms with van der Waals surface area (Å²) in [6, 6.07) is 13.6. The Kier molecular flexibility index (Phi) is 6.39. The molecule has 0 heterocycles. The third-order valence-electron chi connectivity index (χ3n) is 3.67. The molecule has 1 N–H and O–H groups in total. The molecule has 0 saturated carbocycles. The van der Waals surface area contributed by atoms with Crippen molar-refractivity contribution < 1.29 is 18.0 Å². The molecule has 132 valence electrons. The number of hydrogen-bond acceptors (Lipinski definition) is 1. The van der Waals surface area contributed by atoms with Crippen LogP contribution in [-0.4, -0.2) is 12.1 Å². The molecule has 5 heteroatoms. The highest BCUT2D eigenvalue weighted by atomic mass is 19.4. The minimum absolute atomic E-state index is 0.169. The fraction of sp³-hybridized carbons (Fsp3) is 0.250. The van der Waals surface area contributed by atoms with Crippen molar-refractivity contribution in [3.63, 3.8) is 0 Å². The Bertz CT molecular complexity index is 716. The van der Waals surface area contributed by atoms with E-state index in [0.717, 1.165) is 25.3 Å². The van der Waals surface area contributed by atoms with Gasteiger partial charge in [-0.1, -0.05) is 43.7 Å². The molecule has 1 amide bonds. The molecule has 2 nitrogen and oxygen atoms in total. The lowest BCUT2D eigenvalue weighted by molar-refractivity contribution is -0.0790. The average molecular weight is 347 g/mol. The topological polar surface area (TPSA) is 29.1 Å². The molecule has 2 rings (SSSR count). The lowest BCUT2D eigenvalue weighted by atomic mass is 10.1. The number of halogens is 3. The molecular weight excluding hydrogens is 327 g/mol. The molecule has 0 unspecified atom stereocenters. The second-order valence-electron chi connectivity index (χ2n) is 5.75. The molecule has 0 aliphatic carbocycles. The second-order valence-corrected chi connectivity index (χ2v) is 5.75. The Morgan fingerprint density at radius 2 is 1.68 bits per heavy atom. The largest absolute Gasteiger partial charge is 0.409 e. The number of carbonyl (C=O) groups excluding carboxylic acids is 1. The number of benzene rings is 2. The van der Waals surface area contributed by atoms with E-state index in [4.69, 9.17) is 0 Å². The summed E-state index contributed by atoms with van der Waals surface area (Å²) < 4.78 is 36.4. The number of anilines is 1. The third-order valence-corrected chi connectivity index (χ3v) is 3.67. The lowest BCUT2D eigenvalue weighted by Gasteiger charge is -2.07. The molecule has 0 bridgehead atoms. The highest BCUT2D eigenvalue weighted by molar-refractivity contribution is 6.04. The fourth-order valence-corrected chi connectivity index (χ4v) is 2.28. The van der Waals surface area contributed by atoms with Crippen LogP contribution in [0.25, 0.3) is 6.08 Å². The summed E-state index contributed by atoms with van der Waals surface area (Å²) in [5.74, 6) is -0.298. The van der Waals surface area contributed by atoms with Crippen molar-refractivity contribution in [3.8, 4) is 0 Å². The van der Waals surface area contributed by atoms with Crippen molar-refractivity contribution in [2.45, 2.75) is 32.4 Å². The van der Waals surface area contributed by atoms with Gasteiger partial charge < -0.3 is 5.32 Å². The Morgan fingerprint density at radius 1 is 1.04 bits per heavy atom. The van der Waals surface area contributed by atoms with Crippen molar-refractivity contribution in [1.82, 2.24) is 0 Å². The molecule has 0 spiro atoms. The lowest BCUT2D eigenvalue weighted by Crippen LogP contribution is -2.11. The molecule has 2 aromatic rings. The van der Waals surface area contributed by atoms with Crippen LogP contribution >= 0.6 is 0 Å². The smallest absolute Gasteiger partial charge is 0.322 e. The van der Waals surface area contributed by atoms with Gasteiger partial charge in [0.05, 0.1) is 0 Å². The molecule has 0 radical (unpaired) electrons. The maximum atomic E-state index is 12.2. The first-order chi connectivity index (χ1) is 11.9. The van der Waals surface area contributed by atoms with Gasteiger partial charge in [-0.3, -0.25) is 4.79 Å². The van der Waals surface area contributed by atoms with E-state index in [0.29, 0.717) is 16.8 Å². The monoisotopic (exact) mass is 347 g/mol. The molecule has 0 aliphatic rings. The van der Waals surface area contributed by atoms with Crippen molar-refractivity contribution in [2.24, 2.45) is 0 Å². The van der Waals surface area contributed by atoms with Crippen LogP contribution in [0.1, 0.15) is 41.3 Å². The number of amides is 1. The van der Waals surface area contributed by atoms with Gasteiger partial charge in [-0.05, 0) is 48.2 Å². The quantitative estimate of drug-likeness (QED) is 0.697. The van der Waals surface area contributed by atoms with Crippen LogP contribution in [-0.2, 0) is 6.42 Å². The summed E-state index contributed by atoms with van der Waals surface area (Å²) >= 11 is 0. The van der Waals surface area contributed by atoms with Crippen molar-refractivity contribution in [1.29, 1.82) is 0 Å². The summed E-state index contributed by atoms with van der Waals surface area (Å²) in [6.45, 7) is 2.14. The van der Waals surface area contributed by atoms with Crippen LogP contribution in [0.2, 0.25) is 0 Å². The second kappa shape index (κ2) is 8.51. The molecular formula is C20H20F3NO. The highest BCUT2D eigenvalue weighted by Crippen LogP contribution is 2.19. The summed E-state index contributed by atoms with van der Waals surface area (Å²) in [6.07, 6.45) is 0.0589. The number of carbonyl (C=O) groups is 1. The van der Waals surface area contributed by atoms with Crippen LogP contribution < -0.4 is 5.32 Å². The Hall–Kier alpha value is -2.56. The maximum Gasteiger partial charge on any atom is 0.409 e. The van der Waals surface area contributed by atoms with Gasteiger partial charge in [0.1, 0.15) is 0 Å². The standard InChI is InChI=1S/C20H20F3NO/c1-2-3-4-15-7-11-18(12-8-15)24-19(25)17-9-5-16(6-10-17)13-14-20(21,22)23/h5-14H,2-4H2,1H3,(H,24,25)/b14-13+. The molecule has 2 aromatic carbocycles. The number of unbranched alkanes of at least 4 members (excludes halogenated alkanes) is 1. The molecule has 0 aliphatic heterocycles. The van der Waals surface area contributed by atoms with Crippen LogP contribution in [0.4, 0.5) is 18.9 Å². The summed E-state index contributed by atoms with van der Waals surface area (Å²) in [7, 11) is 0. The van der Waals surface area contributed by atoms with Crippen molar-refractivity contribution in [2.75, 3.05) is 5.32 Å². The number of hydrogen-bond donors (Lipinski definition) is 1. The summed E-state index contributed by atoms with van der Waals surface area (Å²) in [5.41, 5.74) is 2.68. The van der Waals surface area contributed by atoms with Gasteiger partial charge in [-0.2, -0.15) is 13.2 Å². The van der Waals surface area contributed by atoms with E-state index in [1.54, 1.807) is 0 Å². The van der Waals surface area contributed by atoms with E-state index in [-0.39, 0.29) is 12.0 Å². The van der Waals surface area contributed by atoms with E-state index in [1.165, 1.54) is 29.8 Å². The van der Waals surface area contributed by atoms with Gasteiger partial charge in [0.25, 0.3) is 5.91 Å². The first-order valence-corrected chi connectivity index (χ1v) is 8.14. The zero-order valence-corrected chi connectivity index (χ0v) is 13.9. The van der Waals surface area contributed by atoms with Crippen LogP contribution in [0, 0.1) is 0 Å². The number of nitrogens with one attached hydrogen (secondary N) is 1. The Morgan fingerprint density at radius 3 is 2.24 bits per heavy atom. The average Bonchev–Trinajstić information content (AvgIpc) is 2.59. The molecule has 0 saturated heterocycles. The zero-order chi connectivity index (χ0) is 18.3. The highest BCUT2D eigenvalue weighted by Gasteiger charge is 2.21. The first-order valence-electron chi connectivity index (χ1n) is 8.14. The van der Waals surface area contributed by atoms with Gasteiger partial charge in [-0.25, -0.2) is 0 Å². The molecule has 0 aromatic heterocycles. The summed E-state index contributed by atoms with van der Waals surface area (Å²) in [4.78, 5) is 12.2. The van der Waals surface area contributed by atoms with Gasteiger partial charge >= 0.3 is 6.18 Å². The first kappa shape index (κ1) is 18.8. The van der Waals surface area contributed by atoms with E-state index >= 15 is 0 Å². The number of allylic oxidation sites excluding steroid dienone is 1. The van der Waals surface area contributed by atoms with E-state index in [9.17, 15) is 18.0 Å². The minimum Gasteiger partial charge on any atom is -0.322 e. The summed E-state index contributed by atoms with van der Waals surface area (Å²) in [5, 5.41) is 2.78. The number of alkyl halides is 3. The number of rotatable bonds is 6. The van der Waals surface area contributed by atoms with Gasteiger partial charge in [0.2, 0.25) is 0 Å². The number of aryl methyl sites for hydroxylation is 1. The zero-order valence-electron chi connectivity index (χ0n) is 13.9. The van der Waals surface area contributed by atoms with Gasteiger partial charge in [0.15, 0.2) is 0 Å². The third kappa shape index (κ3) is 6.45. The molecule has 0 atom stereocenters. The van der Waals surface area contributed by atoms with E-state index < -0.39 is 6.18 Å².